The van der Waals surface area contributed by atoms with Crippen LogP contribution >= 0.6 is 0 Å². The fourth-order valence-electron chi connectivity index (χ4n) is 3.59. The number of hydrogen-bond acceptors (Lipinski definition) is 5. The minimum Gasteiger partial charge on any atom is -0.494 e. The van der Waals surface area contributed by atoms with E-state index in [0.717, 1.165) is 30.0 Å². The molecule has 2 aromatic heterocycles. The van der Waals surface area contributed by atoms with E-state index < -0.39 is 5.91 Å². The Bertz CT molecular complexity index is 1320. The van der Waals surface area contributed by atoms with Gasteiger partial charge in [-0.1, -0.05) is 18.2 Å². The van der Waals surface area contributed by atoms with E-state index in [1.54, 1.807) is 23.3 Å². The maximum Gasteiger partial charge on any atom is 0.261 e. The predicted molar refractivity (Wildman–Crippen MR) is 134 cm³/mol. The molecule has 0 saturated carbocycles. The number of ether oxygens (including phenoxy) is 1. The number of nitrogens with zero attached hydrogens (tertiary/aromatic N) is 5. The van der Waals surface area contributed by atoms with Gasteiger partial charge in [0.15, 0.2) is 0 Å². The normalized spacial score (nSPS) is 11.1. The van der Waals surface area contributed by atoms with Gasteiger partial charge >= 0.3 is 0 Å². The summed E-state index contributed by atoms with van der Waals surface area (Å²) in [5.74, 6) is 0.354. The fourth-order valence-corrected chi connectivity index (χ4v) is 3.59. The van der Waals surface area contributed by atoms with Crippen molar-refractivity contribution >= 4 is 12.0 Å². The molecule has 2 aromatic carbocycles. The summed E-state index contributed by atoms with van der Waals surface area (Å²) in [6, 6.07) is 19.3. The lowest BCUT2D eigenvalue weighted by molar-refractivity contribution is -0.117. The molecular formula is C27H26N6O2. The Kier molecular flexibility index (Phi) is 7.71. The molecule has 0 aliphatic heterocycles. The van der Waals surface area contributed by atoms with Crippen LogP contribution in [0.3, 0.4) is 0 Å². The van der Waals surface area contributed by atoms with E-state index in [0.29, 0.717) is 24.4 Å². The lowest BCUT2D eigenvalue weighted by Gasteiger charge is -2.06. The number of nitriles is 1. The molecule has 0 saturated heterocycles. The summed E-state index contributed by atoms with van der Waals surface area (Å²) in [4.78, 5) is 16.7. The van der Waals surface area contributed by atoms with Crippen LogP contribution in [0.4, 0.5) is 0 Å². The second kappa shape index (κ2) is 11.5. The molecule has 4 aromatic rings. The number of imidazole rings is 1. The summed E-state index contributed by atoms with van der Waals surface area (Å²) in [7, 11) is 0. The molecule has 0 spiro atoms. The summed E-state index contributed by atoms with van der Waals surface area (Å²) in [6.45, 7) is 3.70. The molecule has 0 bridgehead atoms. The number of rotatable bonds is 10. The van der Waals surface area contributed by atoms with Gasteiger partial charge in [-0.3, -0.25) is 4.79 Å². The first-order valence-electron chi connectivity index (χ1n) is 11.4. The first-order chi connectivity index (χ1) is 17.2. The van der Waals surface area contributed by atoms with Crippen molar-refractivity contribution in [3.8, 4) is 28.8 Å². The van der Waals surface area contributed by atoms with Crippen LogP contribution in [0.2, 0.25) is 0 Å². The van der Waals surface area contributed by atoms with Crippen molar-refractivity contribution in [1.29, 1.82) is 5.26 Å². The van der Waals surface area contributed by atoms with E-state index in [4.69, 9.17) is 9.84 Å². The third kappa shape index (κ3) is 6.03. The largest absolute Gasteiger partial charge is 0.494 e. The molecule has 176 valence electrons. The average Bonchev–Trinajstić information content (AvgIpc) is 3.56. The van der Waals surface area contributed by atoms with Crippen molar-refractivity contribution in [1.82, 2.24) is 24.6 Å². The van der Waals surface area contributed by atoms with Gasteiger partial charge in [0.05, 0.1) is 24.3 Å². The molecule has 0 fully saturated rings. The molecule has 0 atom stereocenters. The third-order valence-electron chi connectivity index (χ3n) is 5.30. The van der Waals surface area contributed by atoms with Gasteiger partial charge in [0.2, 0.25) is 0 Å². The molecule has 35 heavy (non-hydrogen) atoms. The molecule has 0 aliphatic rings. The van der Waals surface area contributed by atoms with Gasteiger partial charge in [0, 0.05) is 42.8 Å². The van der Waals surface area contributed by atoms with E-state index >= 15 is 0 Å². The number of hydrogen-bond donors (Lipinski definition) is 1. The molecule has 8 heteroatoms. The summed E-state index contributed by atoms with van der Waals surface area (Å²) < 4.78 is 9.23. The number of nitrogens with one attached hydrogen (secondary N) is 1. The second-order valence-electron chi connectivity index (χ2n) is 7.75. The Labute approximate surface area is 204 Å². The number of para-hydroxylation sites is 1. The lowest BCUT2D eigenvalue weighted by Crippen LogP contribution is -2.26. The molecule has 2 heterocycles. The molecule has 0 radical (unpaired) electrons. The fraction of sp³-hybridized carbons (Fsp3) is 0.185. The first kappa shape index (κ1) is 23.5. The SMILES string of the molecule is CCOc1ccc(-c2nn(-c3ccccc3)cc2/C=C(\C#N)C(=O)NCCCn2ccnc2)cc1. The monoisotopic (exact) mass is 466 g/mol. The summed E-state index contributed by atoms with van der Waals surface area (Å²) in [6.07, 6.45) is 9.45. The Hall–Kier alpha value is -4.64. The highest BCUT2D eigenvalue weighted by Gasteiger charge is 2.15. The number of aryl methyl sites for hydroxylation is 1. The van der Waals surface area contributed by atoms with Crippen LogP contribution in [-0.4, -0.2) is 38.4 Å². The van der Waals surface area contributed by atoms with E-state index in [1.165, 1.54) is 0 Å². The molecule has 8 nitrogen and oxygen atoms in total. The maximum absolute atomic E-state index is 12.7. The summed E-state index contributed by atoms with van der Waals surface area (Å²) in [5.41, 5.74) is 3.09. The van der Waals surface area contributed by atoms with E-state index in [1.807, 2.05) is 84.6 Å². The highest BCUT2D eigenvalue weighted by atomic mass is 16.5. The van der Waals surface area contributed by atoms with Crippen molar-refractivity contribution in [2.75, 3.05) is 13.2 Å². The van der Waals surface area contributed by atoms with E-state index in [9.17, 15) is 10.1 Å². The van der Waals surface area contributed by atoms with Crippen LogP contribution in [0.25, 0.3) is 23.0 Å². The minimum absolute atomic E-state index is 0.0208. The molecule has 0 unspecified atom stereocenters. The molecule has 4 rings (SSSR count). The van der Waals surface area contributed by atoms with Crippen LogP contribution < -0.4 is 10.1 Å². The number of carbonyl (C=O) groups is 1. The topological polar surface area (TPSA) is 97.8 Å². The first-order valence-corrected chi connectivity index (χ1v) is 11.4. The van der Waals surface area contributed by atoms with Crippen LogP contribution in [-0.2, 0) is 11.3 Å². The lowest BCUT2D eigenvalue weighted by atomic mass is 10.1. The number of amides is 1. The molecule has 1 amide bonds. The molecule has 0 aliphatic carbocycles. The van der Waals surface area contributed by atoms with E-state index in [-0.39, 0.29) is 5.57 Å². The van der Waals surface area contributed by atoms with Crippen molar-refractivity contribution < 1.29 is 9.53 Å². The average molecular weight is 467 g/mol. The Morgan fingerprint density at radius 3 is 2.66 bits per heavy atom. The van der Waals surface area contributed by atoms with Crippen molar-refractivity contribution in [3.05, 3.63) is 90.7 Å². The zero-order valence-electron chi connectivity index (χ0n) is 19.5. The summed E-state index contributed by atoms with van der Waals surface area (Å²) >= 11 is 0. The number of benzene rings is 2. The predicted octanol–water partition coefficient (Wildman–Crippen LogP) is 4.25. The zero-order valence-corrected chi connectivity index (χ0v) is 19.5. The van der Waals surface area contributed by atoms with Crippen molar-refractivity contribution in [3.63, 3.8) is 0 Å². The summed E-state index contributed by atoms with van der Waals surface area (Å²) in [5, 5.41) is 17.3. The molecule has 1 N–H and O–H groups in total. The quantitative estimate of drug-likeness (QED) is 0.214. The van der Waals surface area contributed by atoms with Crippen LogP contribution in [0.15, 0.2) is 85.1 Å². The van der Waals surface area contributed by atoms with Crippen LogP contribution in [0.1, 0.15) is 18.9 Å². The zero-order chi connectivity index (χ0) is 24.5. The Balaban J connectivity index is 1.58. The van der Waals surface area contributed by atoms with Gasteiger partial charge in [-0.15, -0.1) is 0 Å². The maximum atomic E-state index is 12.7. The highest BCUT2D eigenvalue weighted by Crippen LogP contribution is 2.27. The van der Waals surface area contributed by atoms with Gasteiger partial charge in [-0.25, -0.2) is 9.67 Å². The van der Waals surface area contributed by atoms with Crippen LogP contribution in [0.5, 0.6) is 5.75 Å². The van der Waals surface area contributed by atoms with Gasteiger partial charge in [-0.2, -0.15) is 10.4 Å². The van der Waals surface area contributed by atoms with Crippen molar-refractivity contribution in [2.24, 2.45) is 0 Å². The van der Waals surface area contributed by atoms with Gasteiger partial charge < -0.3 is 14.6 Å². The molecular weight excluding hydrogens is 440 g/mol. The number of carbonyl (C=O) groups excluding carboxylic acids is 1. The van der Waals surface area contributed by atoms with Crippen LogP contribution in [0, 0.1) is 11.3 Å². The highest BCUT2D eigenvalue weighted by molar-refractivity contribution is 6.02. The third-order valence-corrected chi connectivity index (χ3v) is 5.30. The minimum atomic E-state index is -0.414. The Morgan fingerprint density at radius 2 is 1.97 bits per heavy atom. The van der Waals surface area contributed by atoms with E-state index in [2.05, 4.69) is 10.3 Å². The Morgan fingerprint density at radius 1 is 1.17 bits per heavy atom. The van der Waals surface area contributed by atoms with Gasteiger partial charge in [0.25, 0.3) is 5.91 Å². The van der Waals surface area contributed by atoms with Gasteiger partial charge in [-0.05, 0) is 55.8 Å². The van der Waals surface area contributed by atoms with Gasteiger partial charge in [0.1, 0.15) is 17.4 Å². The number of aromatic nitrogens is 4. The van der Waals surface area contributed by atoms with Crippen molar-refractivity contribution in [2.45, 2.75) is 19.9 Å². The smallest absolute Gasteiger partial charge is 0.261 e. The standard InChI is InChI=1S/C27H26N6O2/c1-2-35-25-11-9-21(10-12-25)26-23(19-33(31-26)24-7-4-3-5-8-24)17-22(18-28)27(34)30-13-6-15-32-16-14-29-20-32/h3-5,7-12,14,16-17,19-20H,2,6,13,15H2,1H3,(H,30,34)/b22-17+. The second-order valence-corrected chi connectivity index (χ2v) is 7.75.